The van der Waals surface area contributed by atoms with Crippen LogP contribution in [0.4, 0.5) is 15.8 Å². The molecule has 5 nitrogen and oxygen atoms in total. The number of thiophene rings is 1. The Hall–Kier alpha value is -1.80. The van der Waals surface area contributed by atoms with Gasteiger partial charge >= 0.3 is 0 Å². The van der Waals surface area contributed by atoms with E-state index in [0.717, 1.165) is 23.5 Å². The number of hydrogen-bond donors (Lipinski definition) is 1. The van der Waals surface area contributed by atoms with E-state index < -0.39 is 21.5 Å². The van der Waals surface area contributed by atoms with Gasteiger partial charge in [-0.2, -0.15) is 0 Å². The lowest BCUT2D eigenvalue weighted by atomic mass is 10.3. The van der Waals surface area contributed by atoms with E-state index in [-0.39, 0.29) is 9.90 Å². The van der Waals surface area contributed by atoms with Gasteiger partial charge in [-0.25, -0.2) is 12.8 Å². The molecule has 0 unspecified atom stereocenters. The van der Waals surface area contributed by atoms with Crippen LogP contribution < -0.4 is 4.72 Å². The van der Waals surface area contributed by atoms with Crippen molar-refractivity contribution in [2.24, 2.45) is 5.18 Å². The van der Waals surface area contributed by atoms with E-state index in [0.29, 0.717) is 0 Å². The van der Waals surface area contributed by atoms with Gasteiger partial charge in [-0.05, 0) is 34.8 Å². The lowest BCUT2D eigenvalue weighted by Gasteiger charge is -2.06. The van der Waals surface area contributed by atoms with Gasteiger partial charge in [-0.3, -0.25) is 4.72 Å². The highest BCUT2D eigenvalue weighted by Gasteiger charge is 2.16. The standard InChI is InChI=1S/C10H7FN2O3S2/c11-8-4-3-7(6-9(8)12-14)13-18(15,16)10-2-1-5-17-10/h1-6,13H. The molecule has 0 aliphatic carbocycles. The van der Waals surface area contributed by atoms with E-state index in [9.17, 15) is 17.7 Å². The summed E-state index contributed by atoms with van der Waals surface area (Å²) in [6.45, 7) is 0. The van der Waals surface area contributed by atoms with E-state index in [4.69, 9.17) is 0 Å². The van der Waals surface area contributed by atoms with Crippen molar-refractivity contribution in [3.8, 4) is 0 Å². The lowest BCUT2D eigenvalue weighted by Crippen LogP contribution is -2.11. The van der Waals surface area contributed by atoms with Crippen molar-refractivity contribution in [1.82, 2.24) is 0 Å². The molecule has 94 valence electrons. The zero-order chi connectivity index (χ0) is 13.2. The summed E-state index contributed by atoms with van der Waals surface area (Å²) >= 11 is 1.05. The van der Waals surface area contributed by atoms with Crippen LogP contribution in [0.3, 0.4) is 0 Å². The van der Waals surface area contributed by atoms with Crippen molar-refractivity contribution in [1.29, 1.82) is 0 Å². The Morgan fingerprint density at radius 3 is 2.67 bits per heavy atom. The smallest absolute Gasteiger partial charge is 0.271 e. The number of rotatable bonds is 4. The summed E-state index contributed by atoms with van der Waals surface area (Å²) in [5.74, 6) is -0.802. The average molecular weight is 286 g/mol. The molecule has 0 aliphatic rings. The lowest BCUT2D eigenvalue weighted by molar-refractivity contribution is 0.603. The highest BCUT2D eigenvalue weighted by Crippen LogP contribution is 2.25. The first kappa shape index (κ1) is 12.7. The topological polar surface area (TPSA) is 75.6 Å². The van der Waals surface area contributed by atoms with Crippen molar-refractivity contribution in [3.63, 3.8) is 0 Å². The van der Waals surface area contributed by atoms with Crippen molar-refractivity contribution >= 4 is 32.7 Å². The first-order valence-corrected chi connectivity index (χ1v) is 7.08. The molecule has 1 aromatic heterocycles. The number of anilines is 1. The second kappa shape index (κ2) is 4.83. The molecular formula is C10H7FN2O3S2. The van der Waals surface area contributed by atoms with Crippen LogP contribution in [0.5, 0.6) is 0 Å². The van der Waals surface area contributed by atoms with E-state index in [1.165, 1.54) is 12.1 Å². The number of sulfonamides is 1. The van der Waals surface area contributed by atoms with Gasteiger partial charge in [0, 0.05) is 0 Å². The number of nitroso groups, excluding NO2 is 1. The molecule has 1 heterocycles. The molecule has 1 aromatic carbocycles. The minimum absolute atomic E-state index is 0.0828. The van der Waals surface area contributed by atoms with Crippen LogP contribution in [0, 0.1) is 10.7 Å². The highest BCUT2D eigenvalue weighted by molar-refractivity contribution is 7.94. The molecule has 0 aliphatic heterocycles. The molecule has 0 bridgehead atoms. The number of hydrogen-bond acceptors (Lipinski definition) is 5. The van der Waals surface area contributed by atoms with Crippen molar-refractivity contribution < 1.29 is 12.8 Å². The van der Waals surface area contributed by atoms with E-state index in [2.05, 4.69) is 9.90 Å². The summed E-state index contributed by atoms with van der Waals surface area (Å²) in [6, 6.07) is 6.27. The molecule has 8 heteroatoms. The van der Waals surface area contributed by atoms with Crippen molar-refractivity contribution in [3.05, 3.63) is 46.4 Å². The van der Waals surface area contributed by atoms with E-state index in [1.54, 1.807) is 11.4 Å². The molecular weight excluding hydrogens is 279 g/mol. The van der Waals surface area contributed by atoms with Crippen LogP contribution in [0.25, 0.3) is 0 Å². The first-order valence-electron chi connectivity index (χ1n) is 4.72. The Labute approximate surface area is 106 Å². The van der Waals surface area contributed by atoms with Crippen molar-refractivity contribution in [2.45, 2.75) is 4.21 Å². The molecule has 0 fully saturated rings. The maximum Gasteiger partial charge on any atom is 0.271 e. The van der Waals surface area contributed by atoms with Gasteiger partial charge < -0.3 is 0 Å². The number of benzene rings is 1. The minimum Gasteiger partial charge on any atom is -0.279 e. The summed E-state index contributed by atoms with van der Waals surface area (Å²) in [5.41, 5.74) is -0.360. The largest absolute Gasteiger partial charge is 0.279 e. The third kappa shape index (κ3) is 2.54. The van der Waals surface area contributed by atoms with Gasteiger partial charge in [0.1, 0.15) is 9.90 Å². The number of nitrogens with one attached hydrogen (secondary N) is 1. The monoisotopic (exact) mass is 286 g/mol. The third-order valence-corrected chi connectivity index (χ3v) is 4.84. The quantitative estimate of drug-likeness (QED) is 0.877. The van der Waals surface area contributed by atoms with Gasteiger partial charge in [-0.15, -0.1) is 16.2 Å². The highest BCUT2D eigenvalue weighted by atomic mass is 32.2. The maximum atomic E-state index is 13.0. The fourth-order valence-corrected chi connectivity index (χ4v) is 3.31. The third-order valence-electron chi connectivity index (χ3n) is 2.06. The summed E-state index contributed by atoms with van der Waals surface area (Å²) < 4.78 is 39.1. The normalized spacial score (nSPS) is 11.2. The maximum absolute atomic E-state index is 13.0. The zero-order valence-corrected chi connectivity index (χ0v) is 10.5. The fraction of sp³-hybridized carbons (Fsp3) is 0. The van der Waals surface area contributed by atoms with Crippen LogP contribution in [-0.2, 0) is 10.0 Å². The fourth-order valence-electron chi connectivity index (χ4n) is 1.27. The number of halogens is 1. The van der Waals surface area contributed by atoms with Crippen LogP contribution in [0.1, 0.15) is 0 Å². The van der Waals surface area contributed by atoms with Gasteiger partial charge in [0.15, 0.2) is 5.82 Å². The SMILES string of the molecule is O=Nc1cc(NS(=O)(=O)c2cccs2)ccc1F. The molecule has 2 aromatic rings. The molecule has 0 saturated heterocycles. The minimum atomic E-state index is -3.71. The summed E-state index contributed by atoms with van der Waals surface area (Å²) in [6.07, 6.45) is 0. The average Bonchev–Trinajstić information content (AvgIpc) is 2.85. The Bertz CT molecular complexity index is 668. The zero-order valence-electron chi connectivity index (χ0n) is 8.83. The van der Waals surface area contributed by atoms with Gasteiger partial charge in [-0.1, -0.05) is 6.07 Å². The predicted octanol–water partition coefficient (Wildman–Crippen LogP) is 3.09. The van der Waals surface area contributed by atoms with Gasteiger partial charge in [0.2, 0.25) is 0 Å². The number of nitrogens with zero attached hydrogens (tertiary/aromatic N) is 1. The van der Waals surface area contributed by atoms with Gasteiger partial charge in [0.05, 0.1) is 5.69 Å². The van der Waals surface area contributed by atoms with Crippen LogP contribution in [0.2, 0.25) is 0 Å². The first-order chi connectivity index (χ1) is 8.53. The molecule has 0 radical (unpaired) electrons. The molecule has 1 N–H and O–H groups in total. The molecule has 0 amide bonds. The van der Waals surface area contributed by atoms with Crippen molar-refractivity contribution in [2.75, 3.05) is 4.72 Å². The molecule has 0 saturated carbocycles. The Morgan fingerprint density at radius 2 is 2.06 bits per heavy atom. The molecule has 0 atom stereocenters. The van der Waals surface area contributed by atoms with E-state index >= 15 is 0 Å². The second-order valence-electron chi connectivity index (χ2n) is 3.30. The summed E-state index contributed by atoms with van der Waals surface area (Å²) in [4.78, 5) is 10.3. The second-order valence-corrected chi connectivity index (χ2v) is 6.15. The molecule has 2 rings (SSSR count). The van der Waals surface area contributed by atoms with Gasteiger partial charge in [0.25, 0.3) is 10.0 Å². The molecule has 18 heavy (non-hydrogen) atoms. The Kier molecular flexibility index (Phi) is 3.39. The summed E-state index contributed by atoms with van der Waals surface area (Å²) in [5, 5.41) is 4.09. The predicted molar refractivity (Wildman–Crippen MR) is 67.0 cm³/mol. The van der Waals surface area contributed by atoms with Crippen LogP contribution >= 0.6 is 11.3 Å². The van der Waals surface area contributed by atoms with Crippen LogP contribution in [-0.4, -0.2) is 8.42 Å². The van der Waals surface area contributed by atoms with Crippen LogP contribution in [0.15, 0.2) is 45.1 Å². The van der Waals surface area contributed by atoms with E-state index in [1.807, 2.05) is 0 Å². The summed E-state index contributed by atoms with van der Waals surface area (Å²) in [7, 11) is -3.71. The Balaban J connectivity index is 2.33. The molecule has 0 spiro atoms. The Morgan fingerprint density at radius 1 is 1.28 bits per heavy atom.